The van der Waals surface area contributed by atoms with Gasteiger partial charge in [-0.1, -0.05) is 0 Å². The fourth-order valence-electron chi connectivity index (χ4n) is 1.63. The Balaban J connectivity index is 2.41. The van der Waals surface area contributed by atoms with Gasteiger partial charge in [-0.15, -0.1) is 0 Å². The van der Waals surface area contributed by atoms with E-state index in [4.69, 9.17) is 21.7 Å². The molecule has 0 fully saturated rings. The third-order valence-electron chi connectivity index (χ3n) is 2.74. The molecule has 0 saturated heterocycles. The monoisotopic (exact) mass is 306 g/mol. The topological polar surface area (TPSA) is 81.5 Å². The van der Waals surface area contributed by atoms with Gasteiger partial charge in [-0.2, -0.15) is 14.9 Å². The normalized spacial score (nSPS) is 10.8. The summed E-state index contributed by atoms with van der Waals surface area (Å²) in [7, 11) is 3.11. The molecule has 0 atom stereocenters. The first-order valence-electron chi connectivity index (χ1n) is 6.01. The molecule has 1 aromatic heterocycles. The highest BCUT2D eigenvalue weighted by atomic mass is 32.1. The highest BCUT2D eigenvalue weighted by molar-refractivity contribution is 7.71. The predicted octanol–water partition coefficient (Wildman–Crippen LogP) is 1.51. The van der Waals surface area contributed by atoms with E-state index < -0.39 is 0 Å². The maximum atomic E-state index is 11.9. The lowest BCUT2D eigenvalue weighted by molar-refractivity contribution is 0.355. The van der Waals surface area contributed by atoms with Crippen molar-refractivity contribution in [2.75, 3.05) is 14.2 Å². The average molecular weight is 306 g/mol. The van der Waals surface area contributed by atoms with E-state index in [-0.39, 0.29) is 16.0 Å². The van der Waals surface area contributed by atoms with Crippen molar-refractivity contribution in [3.8, 4) is 11.5 Å². The second kappa shape index (κ2) is 6.31. The number of nitrogens with one attached hydrogen (secondary N) is 1. The molecule has 1 aromatic carbocycles. The van der Waals surface area contributed by atoms with Crippen molar-refractivity contribution in [2.45, 2.75) is 6.92 Å². The number of hydrogen-bond donors (Lipinski definition) is 1. The first-order valence-corrected chi connectivity index (χ1v) is 6.42. The summed E-state index contributed by atoms with van der Waals surface area (Å²) in [5.74, 6) is 1.19. The van der Waals surface area contributed by atoms with Crippen LogP contribution in [0.25, 0.3) is 0 Å². The summed E-state index contributed by atoms with van der Waals surface area (Å²) in [5, 5.41) is 10.4. The number of nitrogens with zero attached hydrogens (tertiary/aromatic N) is 3. The molecule has 110 valence electrons. The highest BCUT2D eigenvalue weighted by Crippen LogP contribution is 2.26. The van der Waals surface area contributed by atoms with Crippen LogP contribution in [0.2, 0.25) is 0 Å². The standard InChI is InChI=1S/C13H14N4O3S/c1-8-12(18)17(13(21)16-15-8)14-7-9-4-5-10(19-2)11(6-9)20-3/h4-7H,1-3H3,(H,16,21). The van der Waals surface area contributed by atoms with Crippen LogP contribution in [0, 0.1) is 11.7 Å². The largest absolute Gasteiger partial charge is 0.493 e. The first kappa shape index (κ1) is 14.9. The summed E-state index contributed by atoms with van der Waals surface area (Å²) in [5.41, 5.74) is 0.659. The van der Waals surface area contributed by atoms with Crippen LogP contribution in [0.15, 0.2) is 28.1 Å². The van der Waals surface area contributed by atoms with Gasteiger partial charge in [-0.25, -0.2) is 0 Å². The molecule has 0 bridgehead atoms. The van der Waals surface area contributed by atoms with Gasteiger partial charge in [0.1, 0.15) is 5.69 Å². The molecule has 0 amide bonds. The van der Waals surface area contributed by atoms with Crippen molar-refractivity contribution in [1.29, 1.82) is 0 Å². The van der Waals surface area contributed by atoms with Crippen molar-refractivity contribution >= 4 is 18.4 Å². The Morgan fingerprint density at radius 3 is 2.71 bits per heavy atom. The number of methoxy groups -OCH3 is 2. The number of ether oxygens (including phenoxy) is 2. The molecule has 0 radical (unpaired) electrons. The maximum Gasteiger partial charge on any atom is 0.296 e. The lowest BCUT2D eigenvalue weighted by Crippen LogP contribution is -2.22. The molecule has 7 nitrogen and oxygen atoms in total. The van der Waals surface area contributed by atoms with Gasteiger partial charge in [0.25, 0.3) is 5.56 Å². The van der Waals surface area contributed by atoms with Crippen LogP contribution in [-0.4, -0.2) is 35.3 Å². The van der Waals surface area contributed by atoms with E-state index in [9.17, 15) is 4.79 Å². The van der Waals surface area contributed by atoms with Crippen LogP contribution in [-0.2, 0) is 0 Å². The summed E-state index contributed by atoms with van der Waals surface area (Å²) >= 11 is 4.99. The molecular weight excluding hydrogens is 292 g/mol. The summed E-state index contributed by atoms with van der Waals surface area (Å²) in [6.45, 7) is 1.58. The Kier molecular flexibility index (Phi) is 4.49. The minimum Gasteiger partial charge on any atom is -0.493 e. The smallest absolute Gasteiger partial charge is 0.296 e. The predicted molar refractivity (Wildman–Crippen MR) is 81.0 cm³/mol. The van der Waals surface area contributed by atoms with Crippen LogP contribution in [0.1, 0.15) is 11.3 Å². The van der Waals surface area contributed by atoms with E-state index in [2.05, 4.69) is 15.3 Å². The molecule has 0 spiro atoms. The van der Waals surface area contributed by atoms with E-state index >= 15 is 0 Å². The van der Waals surface area contributed by atoms with Gasteiger partial charge in [0.15, 0.2) is 11.5 Å². The molecule has 0 aliphatic heterocycles. The van der Waals surface area contributed by atoms with Gasteiger partial charge in [0.05, 0.1) is 20.4 Å². The van der Waals surface area contributed by atoms with Crippen molar-refractivity contribution < 1.29 is 9.47 Å². The van der Waals surface area contributed by atoms with Crippen molar-refractivity contribution in [3.63, 3.8) is 0 Å². The fraction of sp³-hybridized carbons (Fsp3) is 0.231. The number of H-pyrrole nitrogens is 1. The summed E-state index contributed by atoms with van der Waals surface area (Å²) in [6, 6.07) is 5.28. The SMILES string of the molecule is COc1ccc(C=Nn2c(=S)[nH]nc(C)c2=O)cc1OC. The Bertz CT molecular complexity index is 795. The molecule has 0 saturated carbocycles. The van der Waals surface area contributed by atoms with E-state index in [0.717, 1.165) is 10.2 Å². The number of rotatable bonds is 4. The highest BCUT2D eigenvalue weighted by Gasteiger charge is 2.04. The summed E-state index contributed by atoms with van der Waals surface area (Å²) < 4.78 is 11.6. The molecule has 1 N–H and O–H groups in total. The lowest BCUT2D eigenvalue weighted by Gasteiger charge is -2.07. The second-order valence-electron chi connectivity index (χ2n) is 4.09. The molecule has 8 heteroatoms. The van der Waals surface area contributed by atoms with Crippen molar-refractivity contribution in [1.82, 2.24) is 14.9 Å². The zero-order valence-electron chi connectivity index (χ0n) is 11.8. The van der Waals surface area contributed by atoms with Crippen LogP contribution in [0.5, 0.6) is 11.5 Å². The number of aromatic nitrogens is 3. The average Bonchev–Trinajstić information content (AvgIpc) is 2.50. The number of hydrogen-bond acceptors (Lipinski definition) is 6. The van der Waals surface area contributed by atoms with E-state index in [1.165, 1.54) is 6.21 Å². The Labute approximate surface area is 125 Å². The number of aromatic amines is 1. The van der Waals surface area contributed by atoms with E-state index in [1.54, 1.807) is 39.3 Å². The van der Waals surface area contributed by atoms with Crippen LogP contribution in [0.4, 0.5) is 0 Å². The maximum absolute atomic E-state index is 11.9. The molecule has 2 rings (SSSR count). The first-order chi connectivity index (χ1) is 10.1. The third-order valence-corrected chi connectivity index (χ3v) is 3.01. The van der Waals surface area contributed by atoms with E-state index in [1.807, 2.05) is 0 Å². The fourth-order valence-corrected chi connectivity index (χ4v) is 1.81. The van der Waals surface area contributed by atoms with Gasteiger partial charge in [0, 0.05) is 0 Å². The second-order valence-corrected chi connectivity index (χ2v) is 4.48. The molecule has 2 aromatic rings. The van der Waals surface area contributed by atoms with Gasteiger partial charge >= 0.3 is 0 Å². The van der Waals surface area contributed by atoms with Crippen LogP contribution >= 0.6 is 12.2 Å². The van der Waals surface area contributed by atoms with Gasteiger partial charge in [-0.05, 0) is 42.9 Å². The molecule has 21 heavy (non-hydrogen) atoms. The summed E-state index contributed by atoms with van der Waals surface area (Å²) in [4.78, 5) is 11.9. The van der Waals surface area contributed by atoms with Gasteiger partial charge < -0.3 is 9.47 Å². The lowest BCUT2D eigenvalue weighted by atomic mass is 10.2. The molecule has 0 unspecified atom stereocenters. The van der Waals surface area contributed by atoms with Gasteiger partial charge in [-0.3, -0.25) is 9.89 Å². The Morgan fingerprint density at radius 2 is 2.05 bits per heavy atom. The molecule has 1 heterocycles. The zero-order chi connectivity index (χ0) is 15.4. The van der Waals surface area contributed by atoms with Crippen molar-refractivity contribution in [2.24, 2.45) is 5.10 Å². The summed E-state index contributed by atoms with van der Waals surface area (Å²) in [6.07, 6.45) is 1.51. The third kappa shape index (κ3) is 3.16. The molecule has 0 aliphatic rings. The minimum atomic E-state index is -0.365. The zero-order valence-corrected chi connectivity index (χ0v) is 12.6. The molecule has 0 aliphatic carbocycles. The quantitative estimate of drug-likeness (QED) is 0.684. The minimum absolute atomic E-state index is 0.127. The van der Waals surface area contributed by atoms with Gasteiger partial charge in [0.2, 0.25) is 4.77 Å². The van der Waals surface area contributed by atoms with Crippen LogP contribution in [0.3, 0.4) is 0 Å². The number of aryl methyl sites for hydroxylation is 1. The van der Waals surface area contributed by atoms with Crippen LogP contribution < -0.4 is 15.0 Å². The molecular formula is C13H14N4O3S. The Hall–Kier alpha value is -2.48. The number of benzene rings is 1. The van der Waals surface area contributed by atoms with E-state index in [0.29, 0.717) is 11.5 Å². The van der Waals surface area contributed by atoms with Crippen molar-refractivity contribution in [3.05, 3.63) is 44.6 Å². The Morgan fingerprint density at radius 1 is 1.33 bits per heavy atom.